The van der Waals surface area contributed by atoms with E-state index in [1.165, 1.54) is 6.07 Å². The molecule has 1 atom stereocenters. The molecule has 2 amide bonds. The summed E-state index contributed by atoms with van der Waals surface area (Å²) in [6.45, 7) is 8.62. The van der Waals surface area contributed by atoms with E-state index < -0.39 is 11.0 Å². The quantitative estimate of drug-likeness (QED) is 0.459. The van der Waals surface area contributed by atoms with Gasteiger partial charge in [0.15, 0.2) is 0 Å². The number of aryl methyl sites for hydroxylation is 1. The highest BCUT2D eigenvalue weighted by Gasteiger charge is 2.30. The van der Waals surface area contributed by atoms with Gasteiger partial charge in [0, 0.05) is 24.7 Å². The third-order valence-electron chi connectivity index (χ3n) is 5.04. The maximum Gasteiger partial charge on any atom is 0.273 e. The van der Waals surface area contributed by atoms with Gasteiger partial charge in [0.05, 0.1) is 11.3 Å². The van der Waals surface area contributed by atoms with Gasteiger partial charge in [0.1, 0.15) is 6.04 Å². The fraction of sp³-hybridized carbons (Fsp3) is 0.417. The lowest BCUT2D eigenvalue weighted by atomic mass is 10.0. The minimum Gasteiger partial charge on any atom is -0.354 e. The number of amides is 2. The van der Waals surface area contributed by atoms with E-state index >= 15 is 0 Å². The molecule has 0 saturated heterocycles. The number of hydrogen-bond acceptors (Lipinski definition) is 4. The molecule has 1 N–H and O–H groups in total. The second kappa shape index (κ2) is 11.2. The Morgan fingerprint density at radius 2 is 1.84 bits per heavy atom. The van der Waals surface area contributed by atoms with Crippen LogP contribution in [0.1, 0.15) is 43.9 Å². The van der Waals surface area contributed by atoms with Crippen LogP contribution in [0, 0.1) is 23.0 Å². The topological polar surface area (TPSA) is 92.6 Å². The Labute approximate surface area is 183 Å². The van der Waals surface area contributed by atoms with E-state index in [0.717, 1.165) is 11.1 Å². The highest BCUT2D eigenvalue weighted by atomic mass is 16.6. The molecule has 0 aliphatic rings. The average molecular weight is 426 g/mol. The second-order valence-electron chi connectivity index (χ2n) is 8.14. The number of rotatable bonds is 10. The zero-order chi connectivity index (χ0) is 23.0. The van der Waals surface area contributed by atoms with Gasteiger partial charge in [-0.2, -0.15) is 0 Å². The van der Waals surface area contributed by atoms with Crippen LogP contribution in [0.4, 0.5) is 5.69 Å². The van der Waals surface area contributed by atoms with Gasteiger partial charge < -0.3 is 10.2 Å². The Bertz CT molecular complexity index is 927. The van der Waals surface area contributed by atoms with Crippen molar-refractivity contribution in [2.24, 2.45) is 5.92 Å². The molecule has 2 aromatic carbocycles. The molecule has 7 nitrogen and oxygen atoms in total. The lowest BCUT2D eigenvalue weighted by Crippen LogP contribution is -2.50. The first-order chi connectivity index (χ1) is 14.7. The summed E-state index contributed by atoms with van der Waals surface area (Å²) >= 11 is 0. The van der Waals surface area contributed by atoms with Gasteiger partial charge in [-0.3, -0.25) is 19.7 Å². The highest BCUT2D eigenvalue weighted by Crippen LogP contribution is 2.21. The molecule has 2 rings (SSSR count). The van der Waals surface area contributed by atoms with E-state index in [1.54, 1.807) is 23.1 Å². The summed E-state index contributed by atoms with van der Waals surface area (Å²) < 4.78 is 0. The molecule has 0 bridgehead atoms. The molecule has 0 unspecified atom stereocenters. The van der Waals surface area contributed by atoms with Crippen LogP contribution in [0.5, 0.6) is 0 Å². The average Bonchev–Trinajstić information content (AvgIpc) is 2.72. The first kappa shape index (κ1) is 24.1. The van der Waals surface area contributed by atoms with Crippen molar-refractivity contribution in [3.8, 4) is 0 Å². The van der Waals surface area contributed by atoms with Crippen molar-refractivity contribution in [2.45, 2.75) is 53.1 Å². The largest absolute Gasteiger partial charge is 0.354 e. The van der Waals surface area contributed by atoms with Crippen LogP contribution < -0.4 is 5.32 Å². The Hall–Kier alpha value is -3.22. The van der Waals surface area contributed by atoms with Gasteiger partial charge in [-0.05, 0) is 24.8 Å². The van der Waals surface area contributed by atoms with E-state index in [-0.39, 0.29) is 36.4 Å². The molecule has 166 valence electrons. The van der Waals surface area contributed by atoms with Crippen LogP contribution in [0.15, 0.2) is 48.5 Å². The summed E-state index contributed by atoms with van der Waals surface area (Å²) in [5, 5.41) is 14.3. The summed E-state index contributed by atoms with van der Waals surface area (Å²) in [5.74, 6) is -0.239. The molecule has 0 fully saturated rings. The Balaban J connectivity index is 2.34. The van der Waals surface area contributed by atoms with Crippen LogP contribution in [-0.2, 0) is 22.6 Å². The SMILES string of the molecule is CC[C@@H](C(=O)NCC(C)C)N(Cc1cccc(C)c1)C(=O)Cc1ccccc1[N+](=O)[O-]. The summed E-state index contributed by atoms with van der Waals surface area (Å²) in [7, 11) is 0. The minimum absolute atomic E-state index is 0.0938. The second-order valence-corrected chi connectivity index (χ2v) is 8.14. The zero-order valence-corrected chi connectivity index (χ0v) is 18.6. The van der Waals surface area contributed by atoms with Crippen molar-refractivity contribution >= 4 is 17.5 Å². The third-order valence-corrected chi connectivity index (χ3v) is 5.04. The Morgan fingerprint density at radius 1 is 1.13 bits per heavy atom. The number of benzene rings is 2. The van der Waals surface area contributed by atoms with Crippen LogP contribution in [-0.4, -0.2) is 34.2 Å². The first-order valence-electron chi connectivity index (χ1n) is 10.6. The maximum atomic E-state index is 13.3. The summed E-state index contributed by atoms with van der Waals surface area (Å²) in [4.78, 5) is 38.7. The lowest BCUT2D eigenvalue weighted by Gasteiger charge is -2.31. The van der Waals surface area contributed by atoms with E-state index in [9.17, 15) is 19.7 Å². The van der Waals surface area contributed by atoms with E-state index in [0.29, 0.717) is 18.5 Å². The molecule has 0 aliphatic carbocycles. The molecule has 0 saturated carbocycles. The van der Waals surface area contributed by atoms with Crippen molar-refractivity contribution in [3.63, 3.8) is 0 Å². The fourth-order valence-corrected chi connectivity index (χ4v) is 3.45. The maximum absolute atomic E-state index is 13.3. The first-order valence-corrected chi connectivity index (χ1v) is 10.6. The third kappa shape index (κ3) is 6.91. The van der Waals surface area contributed by atoms with Crippen molar-refractivity contribution in [3.05, 3.63) is 75.3 Å². The normalized spacial score (nSPS) is 11.8. The van der Waals surface area contributed by atoms with Crippen molar-refractivity contribution in [2.75, 3.05) is 6.54 Å². The van der Waals surface area contributed by atoms with Crippen molar-refractivity contribution in [1.29, 1.82) is 0 Å². The Kier molecular flexibility index (Phi) is 8.73. The van der Waals surface area contributed by atoms with E-state index in [1.807, 2.05) is 52.0 Å². The number of nitro benzene ring substituents is 1. The van der Waals surface area contributed by atoms with Crippen LogP contribution in [0.25, 0.3) is 0 Å². The van der Waals surface area contributed by atoms with Gasteiger partial charge in [0.2, 0.25) is 11.8 Å². The molecular weight excluding hydrogens is 394 g/mol. The van der Waals surface area contributed by atoms with Crippen molar-refractivity contribution in [1.82, 2.24) is 10.2 Å². The molecule has 31 heavy (non-hydrogen) atoms. The van der Waals surface area contributed by atoms with Gasteiger partial charge in [-0.15, -0.1) is 0 Å². The van der Waals surface area contributed by atoms with Gasteiger partial charge in [0.25, 0.3) is 5.69 Å². The number of nitro groups is 1. The van der Waals surface area contributed by atoms with Crippen LogP contribution >= 0.6 is 0 Å². The predicted octanol–water partition coefficient (Wildman–Crippen LogP) is 4.03. The van der Waals surface area contributed by atoms with Gasteiger partial charge in [-0.1, -0.05) is 68.8 Å². The number of nitrogens with one attached hydrogen (secondary N) is 1. The number of nitrogens with zero attached hydrogens (tertiary/aromatic N) is 2. The summed E-state index contributed by atoms with van der Waals surface area (Å²) in [5.41, 5.74) is 2.21. The molecule has 0 radical (unpaired) electrons. The van der Waals surface area contributed by atoms with Crippen LogP contribution in [0.3, 0.4) is 0 Å². The Morgan fingerprint density at radius 3 is 2.45 bits per heavy atom. The lowest BCUT2D eigenvalue weighted by molar-refractivity contribution is -0.385. The molecule has 0 spiro atoms. The predicted molar refractivity (Wildman–Crippen MR) is 120 cm³/mol. The summed E-state index contributed by atoms with van der Waals surface area (Å²) in [6, 6.07) is 13.3. The zero-order valence-electron chi connectivity index (χ0n) is 18.6. The highest BCUT2D eigenvalue weighted by molar-refractivity contribution is 5.88. The fourth-order valence-electron chi connectivity index (χ4n) is 3.45. The van der Waals surface area contributed by atoms with Gasteiger partial charge >= 0.3 is 0 Å². The smallest absolute Gasteiger partial charge is 0.273 e. The molecular formula is C24H31N3O4. The molecule has 7 heteroatoms. The van der Waals surface area contributed by atoms with E-state index in [4.69, 9.17) is 0 Å². The van der Waals surface area contributed by atoms with E-state index in [2.05, 4.69) is 5.32 Å². The molecule has 2 aromatic rings. The van der Waals surface area contributed by atoms with Crippen LogP contribution in [0.2, 0.25) is 0 Å². The minimum atomic E-state index is -0.658. The number of carbonyl (C=O) groups is 2. The summed E-state index contributed by atoms with van der Waals surface area (Å²) in [6.07, 6.45) is 0.301. The number of carbonyl (C=O) groups excluding carboxylic acids is 2. The molecule has 0 aromatic heterocycles. The molecule has 0 aliphatic heterocycles. The number of para-hydroxylation sites is 1. The monoisotopic (exact) mass is 425 g/mol. The molecule has 0 heterocycles. The van der Waals surface area contributed by atoms with Gasteiger partial charge in [-0.25, -0.2) is 0 Å². The van der Waals surface area contributed by atoms with Crippen molar-refractivity contribution < 1.29 is 14.5 Å². The standard InChI is InChI=1S/C24H31N3O4/c1-5-21(24(29)25-15-17(2)3)26(16-19-10-8-9-18(4)13-19)23(28)14-20-11-6-7-12-22(20)27(30)31/h6-13,17,21H,5,14-16H2,1-4H3,(H,25,29)/t21-/m0/s1. The number of hydrogen-bond donors (Lipinski definition) is 1.